The Morgan fingerprint density at radius 2 is 2.38 bits per heavy atom. The number of carbonyl (C=O) groups is 2. The third-order valence-corrected chi connectivity index (χ3v) is 3.22. The van der Waals surface area contributed by atoms with E-state index in [0.29, 0.717) is 5.69 Å². The fraction of sp³-hybridized carbons (Fsp3) is 0.500. The van der Waals surface area contributed by atoms with Crippen molar-refractivity contribution < 1.29 is 14.3 Å². The number of aromatic nitrogens is 1. The van der Waals surface area contributed by atoms with E-state index in [1.54, 1.807) is 6.07 Å². The van der Waals surface area contributed by atoms with Crippen LogP contribution in [0.5, 0.6) is 0 Å². The van der Waals surface area contributed by atoms with Gasteiger partial charge in [0.05, 0.1) is 11.4 Å². The molecule has 0 aromatic carbocycles. The van der Waals surface area contributed by atoms with Crippen LogP contribution in [0.3, 0.4) is 0 Å². The van der Waals surface area contributed by atoms with Gasteiger partial charge >= 0.3 is 5.97 Å². The Kier molecular flexibility index (Phi) is 2.81. The largest absolute Gasteiger partial charge is 0.458 e. The van der Waals surface area contributed by atoms with Crippen molar-refractivity contribution in [3.8, 4) is 0 Å². The molecule has 0 fully saturated rings. The number of rotatable bonds is 3. The van der Waals surface area contributed by atoms with Crippen LogP contribution in [0, 0.1) is 5.92 Å². The number of esters is 1. The first-order chi connectivity index (χ1) is 7.69. The first-order valence-corrected chi connectivity index (χ1v) is 5.51. The number of fused-ring (bicyclic) bond motifs is 1. The predicted molar refractivity (Wildman–Crippen MR) is 58.1 cm³/mol. The van der Waals surface area contributed by atoms with Gasteiger partial charge < -0.3 is 9.30 Å². The summed E-state index contributed by atoms with van der Waals surface area (Å²) in [6, 6.07) is 3.22. The Balaban J connectivity index is 2.49. The van der Waals surface area contributed by atoms with Crippen molar-refractivity contribution in [1.29, 1.82) is 0 Å². The van der Waals surface area contributed by atoms with Crippen molar-refractivity contribution in [1.82, 2.24) is 4.57 Å². The van der Waals surface area contributed by atoms with Crippen LogP contribution >= 0.6 is 0 Å². The summed E-state index contributed by atoms with van der Waals surface area (Å²) in [5, 5.41) is 0. The van der Waals surface area contributed by atoms with E-state index < -0.39 is 0 Å². The molecule has 2 heterocycles. The van der Waals surface area contributed by atoms with E-state index in [2.05, 4.69) is 0 Å². The third kappa shape index (κ3) is 1.54. The molecule has 0 saturated carbocycles. The zero-order chi connectivity index (χ0) is 11.7. The Hall–Kier alpha value is -1.58. The highest BCUT2D eigenvalue weighted by Gasteiger charge is 2.33. The topological polar surface area (TPSA) is 48.3 Å². The van der Waals surface area contributed by atoms with Gasteiger partial charge in [0.2, 0.25) is 0 Å². The number of nitrogens with zero attached hydrogens (tertiary/aromatic N) is 1. The lowest BCUT2D eigenvalue weighted by atomic mass is 9.98. The van der Waals surface area contributed by atoms with E-state index in [1.807, 2.05) is 24.5 Å². The molecule has 2 rings (SSSR count). The number of aldehydes is 1. The number of ether oxygens (including phenoxy) is 1. The van der Waals surface area contributed by atoms with E-state index in [0.717, 1.165) is 18.4 Å². The molecule has 86 valence electrons. The van der Waals surface area contributed by atoms with Crippen molar-refractivity contribution in [2.45, 2.75) is 32.9 Å². The highest BCUT2D eigenvalue weighted by atomic mass is 16.5. The minimum atomic E-state index is -0.357. The van der Waals surface area contributed by atoms with Crippen molar-refractivity contribution >= 4 is 12.3 Å². The van der Waals surface area contributed by atoms with Crippen molar-refractivity contribution in [3.05, 3.63) is 23.5 Å². The zero-order valence-corrected chi connectivity index (χ0v) is 9.47. The van der Waals surface area contributed by atoms with Gasteiger partial charge in [-0.1, -0.05) is 20.3 Å². The molecule has 1 aliphatic heterocycles. The lowest BCUT2D eigenvalue weighted by Gasteiger charge is -2.29. The maximum atomic E-state index is 11.8. The summed E-state index contributed by atoms with van der Waals surface area (Å²) in [5.41, 5.74) is 1.45. The monoisotopic (exact) mass is 221 g/mol. The molecule has 1 aromatic heterocycles. The minimum Gasteiger partial charge on any atom is -0.458 e. The van der Waals surface area contributed by atoms with E-state index in [9.17, 15) is 9.59 Å². The molecule has 0 radical (unpaired) electrons. The average Bonchev–Trinajstić information content (AvgIpc) is 2.71. The lowest BCUT2D eigenvalue weighted by Crippen LogP contribution is -2.34. The van der Waals surface area contributed by atoms with Crippen molar-refractivity contribution in [2.24, 2.45) is 5.92 Å². The van der Waals surface area contributed by atoms with Gasteiger partial charge in [0.15, 0.2) is 6.29 Å². The number of carbonyl (C=O) groups excluding carboxylic acids is 2. The number of cyclic esters (lactones) is 1. The summed E-state index contributed by atoms with van der Waals surface area (Å²) >= 11 is 0. The normalized spacial score (nSPS) is 21.1. The molecule has 4 heteroatoms. The van der Waals surface area contributed by atoms with Gasteiger partial charge in [-0.3, -0.25) is 4.79 Å². The Labute approximate surface area is 94.2 Å². The number of hydrogen-bond acceptors (Lipinski definition) is 3. The quantitative estimate of drug-likeness (QED) is 0.579. The molecule has 2 unspecified atom stereocenters. The molecule has 0 saturated heterocycles. The van der Waals surface area contributed by atoms with Gasteiger partial charge in [0.25, 0.3) is 0 Å². The molecular formula is C12H15NO3. The summed E-state index contributed by atoms with van der Waals surface area (Å²) < 4.78 is 6.93. The van der Waals surface area contributed by atoms with Crippen LogP contribution in [0.4, 0.5) is 0 Å². The molecule has 0 amide bonds. The second-order valence-corrected chi connectivity index (χ2v) is 4.18. The summed E-state index contributed by atoms with van der Waals surface area (Å²) in [5.74, 6) is -0.0706. The maximum absolute atomic E-state index is 11.8. The Morgan fingerprint density at radius 1 is 1.62 bits per heavy atom. The van der Waals surface area contributed by atoms with Gasteiger partial charge in [0.1, 0.15) is 12.6 Å². The van der Waals surface area contributed by atoms with Crippen LogP contribution < -0.4 is 0 Å². The van der Waals surface area contributed by atoms with Crippen LogP contribution in [0.1, 0.15) is 42.5 Å². The van der Waals surface area contributed by atoms with Gasteiger partial charge in [0, 0.05) is 0 Å². The molecule has 16 heavy (non-hydrogen) atoms. The zero-order valence-electron chi connectivity index (χ0n) is 9.47. The highest BCUT2D eigenvalue weighted by molar-refractivity contribution is 5.79. The number of hydrogen-bond donors (Lipinski definition) is 0. The summed E-state index contributed by atoms with van der Waals surface area (Å²) in [6.45, 7) is 4.28. The van der Waals surface area contributed by atoms with Gasteiger partial charge in [-0.25, -0.2) is 4.79 Å². The minimum absolute atomic E-state index is 0.164. The van der Waals surface area contributed by atoms with E-state index in [4.69, 9.17) is 4.74 Å². The SMILES string of the molecule is CCC(C)C1C(=O)OCc2ccc(C=O)n21. The smallest absolute Gasteiger partial charge is 0.329 e. The molecule has 1 aromatic rings. The van der Waals surface area contributed by atoms with Crippen LogP contribution in [0.2, 0.25) is 0 Å². The van der Waals surface area contributed by atoms with E-state index in [1.165, 1.54) is 0 Å². The lowest BCUT2D eigenvalue weighted by molar-refractivity contribution is -0.154. The average molecular weight is 221 g/mol. The molecular weight excluding hydrogens is 206 g/mol. The van der Waals surface area contributed by atoms with E-state index >= 15 is 0 Å². The molecule has 0 spiro atoms. The van der Waals surface area contributed by atoms with Crippen LogP contribution in [0.25, 0.3) is 0 Å². The van der Waals surface area contributed by atoms with Crippen molar-refractivity contribution in [2.75, 3.05) is 0 Å². The molecule has 2 atom stereocenters. The van der Waals surface area contributed by atoms with E-state index in [-0.39, 0.29) is 24.5 Å². The van der Waals surface area contributed by atoms with Crippen LogP contribution in [0.15, 0.2) is 12.1 Å². The second-order valence-electron chi connectivity index (χ2n) is 4.18. The Morgan fingerprint density at radius 3 is 3.00 bits per heavy atom. The fourth-order valence-electron chi connectivity index (χ4n) is 2.11. The van der Waals surface area contributed by atoms with Crippen LogP contribution in [-0.4, -0.2) is 16.8 Å². The summed E-state index contributed by atoms with van der Waals surface area (Å²) in [4.78, 5) is 22.7. The molecule has 1 aliphatic rings. The first kappa shape index (κ1) is 10.9. The third-order valence-electron chi connectivity index (χ3n) is 3.22. The van der Waals surface area contributed by atoms with Crippen molar-refractivity contribution in [3.63, 3.8) is 0 Å². The molecule has 0 aliphatic carbocycles. The summed E-state index contributed by atoms with van der Waals surface area (Å²) in [6.07, 6.45) is 1.66. The molecule has 4 nitrogen and oxygen atoms in total. The maximum Gasteiger partial charge on any atom is 0.329 e. The van der Waals surface area contributed by atoms with Gasteiger partial charge in [-0.15, -0.1) is 0 Å². The molecule has 0 N–H and O–H groups in total. The fourth-order valence-corrected chi connectivity index (χ4v) is 2.11. The van der Waals surface area contributed by atoms with Gasteiger partial charge in [-0.2, -0.15) is 0 Å². The van der Waals surface area contributed by atoms with Crippen LogP contribution in [-0.2, 0) is 16.1 Å². The molecule has 0 bridgehead atoms. The van der Waals surface area contributed by atoms with Gasteiger partial charge in [-0.05, 0) is 18.1 Å². The predicted octanol–water partition coefficient (Wildman–Crippen LogP) is 1.94. The first-order valence-electron chi connectivity index (χ1n) is 5.51. The highest BCUT2D eigenvalue weighted by Crippen LogP contribution is 2.30. The standard InChI is InChI=1S/C12H15NO3/c1-3-8(2)11-12(15)16-7-10-5-4-9(6-14)13(10)11/h4-6,8,11H,3,7H2,1-2H3. The second kappa shape index (κ2) is 4.12. The Bertz CT molecular complexity index is 422. The summed E-state index contributed by atoms with van der Waals surface area (Å²) in [7, 11) is 0.